The van der Waals surface area contributed by atoms with E-state index in [1.165, 1.54) is 35.1 Å². The number of nitrogens with one attached hydrogen (secondary N) is 1. The highest BCUT2D eigenvalue weighted by atomic mass is 32.3. The van der Waals surface area contributed by atoms with Gasteiger partial charge in [-0.05, 0) is 37.3 Å². The Balaban J connectivity index is 2.08. The van der Waals surface area contributed by atoms with Crippen molar-refractivity contribution in [3.63, 3.8) is 0 Å². The van der Waals surface area contributed by atoms with Gasteiger partial charge in [-0.25, -0.2) is 0 Å². The van der Waals surface area contributed by atoms with E-state index in [4.69, 9.17) is 0 Å². The third kappa shape index (κ3) is 4.02. The van der Waals surface area contributed by atoms with Crippen molar-refractivity contribution in [1.82, 2.24) is 9.78 Å². The molecule has 0 saturated heterocycles. The average molecular weight is 313 g/mol. The molecule has 21 heavy (non-hydrogen) atoms. The first kappa shape index (κ1) is 15.0. The van der Waals surface area contributed by atoms with Crippen molar-refractivity contribution in [3.05, 3.63) is 42.2 Å². The van der Waals surface area contributed by atoms with Crippen LogP contribution in [0.2, 0.25) is 0 Å². The number of carbonyl (C=O) groups is 1. The van der Waals surface area contributed by atoms with Gasteiger partial charge in [0.1, 0.15) is 11.4 Å². The standard InChI is InChI=1S/C12H12FN3O4S/c1-2-16-11(7-8-14-16)12(17)15-9-3-5-10(6-4-9)20-21(13,18)19/h3-8H,2H2,1H3,(H,15,17). The van der Waals surface area contributed by atoms with Crippen LogP contribution < -0.4 is 9.50 Å². The van der Waals surface area contributed by atoms with E-state index in [0.29, 0.717) is 17.9 Å². The van der Waals surface area contributed by atoms with Crippen molar-refractivity contribution >= 4 is 22.1 Å². The Morgan fingerprint density at radius 2 is 2.00 bits per heavy atom. The summed E-state index contributed by atoms with van der Waals surface area (Å²) in [5.41, 5.74) is 0.802. The van der Waals surface area contributed by atoms with Gasteiger partial charge in [0.2, 0.25) is 0 Å². The molecule has 0 aliphatic rings. The van der Waals surface area contributed by atoms with Crippen LogP contribution in [-0.4, -0.2) is 24.1 Å². The summed E-state index contributed by atoms with van der Waals surface area (Å²) in [6.45, 7) is 2.41. The molecule has 0 radical (unpaired) electrons. The quantitative estimate of drug-likeness (QED) is 0.849. The zero-order chi connectivity index (χ0) is 15.5. The summed E-state index contributed by atoms with van der Waals surface area (Å²) in [4.78, 5) is 12.0. The van der Waals surface area contributed by atoms with Crippen molar-refractivity contribution in [3.8, 4) is 5.75 Å². The van der Waals surface area contributed by atoms with Gasteiger partial charge in [0.25, 0.3) is 5.91 Å². The molecule has 0 fully saturated rings. The van der Waals surface area contributed by atoms with Crippen LogP contribution in [-0.2, 0) is 17.0 Å². The monoisotopic (exact) mass is 313 g/mol. The van der Waals surface area contributed by atoms with Gasteiger partial charge < -0.3 is 9.50 Å². The SMILES string of the molecule is CCn1nccc1C(=O)Nc1ccc(OS(=O)(=O)F)cc1. The van der Waals surface area contributed by atoms with Gasteiger partial charge in [0.05, 0.1) is 0 Å². The molecule has 1 amide bonds. The zero-order valence-electron chi connectivity index (χ0n) is 11.0. The summed E-state index contributed by atoms with van der Waals surface area (Å²) in [7, 11) is -5.06. The Labute approximate surface area is 120 Å². The molecule has 7 nitrogen and oxygen atoms in total. The molecule has 2 aromatic rings. The Hall–Kier alpha value is -2.42. The molecule has 0 bridgehead atoms. The number of rotatable bonds is 5. The maximum absolute atomic E-state index is 12.3. The van der Waals surface area contributed by atoms with E-state index in [0.717, 1.165) is 0 Å². The minimum atomic E-state index is -5.06. The van der Waals surface area contributed by atoms with Crippen molar-refractivity contribution < 1.29 is 21.3 Å². The van der Waals surface area contributed by atoms with Crippen LogP contribution in [0.3, 0.4) is 0 Å². The first-order chi connectivity index (χ1) is 9.89. The molecule has 0 aliphatic heterocycles. The normalized spacial score (nSPS) is 11.1. The molecule has 0 spiro atoms. The number of halogens is 1. The van der Waals surface area contributed by atoms with Crippen LogP contribution in [0, 0.1) is 0 Å². The van der Waals surface area contributed by atoms with Crippen molar-refractivity contribution in [2.24, 2.45) is 0 Å². The number of anilines is 1. The molecule has 2 rings (SSSR count). The van der Waals surface area contributed by atoms with E-state index in [2.05, 4.69) is 14.6 Å². The number of carbonyl (C=O) groups excluding carboxylic acids is 1. The van der Waals surface area contributed by atoms with E-state index in [9.17, 15) is 17.1 Å². The topological polar surface area (TPSA) is 90.3 Å². The summed E-state index contributed by atoms with van der Waals surface area (Å²) in [6.07, 6.45) is 1.52. The van der Waals surface area contributed by atoms with E-state index in [1.807, 2.05) is 6.92 Å². The van der Waals surface area contributed by atoms with Crippen LogP contribution in [0.4, 0.5) is 9.57 Å². The van der Waals surface area contributed by atoms with Gasteiger partial charge in [-0.1, -0.05) is 3.89 Å². The van der Waals surface area contributed by atoms with Crippen molar-refractivity contribution in [2.75, 3.05) is 5.32 Å². The number of amides is 1. The highest BCUT2D eigenvalue weighted by Gasteiger charge is 2.12. The molecular weight excluding hydrogens is 301 g/mol. The molecule has 1 N–H and O–H groups in total. The van der Waals surface area contributed by atoms with Crippen molar-refractivity contribution in [2.45, 2.75) is 13.5 Å². The Morgan fingerprint density at radius 3 is 2.57 bits per heavy atom. The highest BCUT2D eigenvalue weighted by molar-refractivity contribution is 7.81. The fourth-order valence-electron chi connectivity index (χ4n) is 1.68. The third-order valence-corrected chi connectivity index (χ3v) is 2.95. The van der Waals surface area contributed by atoms with E-state index in [1.54, 1.807) is 6.07 Å². The fourth-order valence-corrected chi connectivity index (χ4v) is 2.02. The number of benzene rings is 1. The Bertz CT molecular complexity index is 740. The minimum Gasteiger partial charge on any atom is -0.358 e. The van der Waals surface area contributed by atoms with Gasteiger partial charge in [-0.2, -0.15) is 13.5 Å². The largest absolute Gasteiger partial charge is 0.488 e. The summed E-state index contributed by atoms with van der Waals surface area (Å²) in [5, 5.41) is 6.59. The molecule has 0 saturated carbocycles. The number of hydrogen-bond acceptors (Lipinski definition) is 5. The van der Waals surface area contributed by atoms with E-state index >= 15 is 0 Å². The van der Waals surface area contributed by atoms with Crippen LogP contribution >= 0.6 is 0 Å². The lowest BCUT2D eigenvalue weighted by atomic mass is 10.3. The van der Waals surface area contributed by atoms with Gasteiger partial charge in [-0.3, -0.25) is 9.48 Å². The van der Waals surface area contributed by atoms with Crippen LogP contribution in [0.15, 0.2) is 36.5 Å². The number of nitrogens with zero attached hydrogens (tertiary/aromatic N) is 2. The maximum Gasteiger partial charge on any atom is 0.488 e. The molecule has 0 aliphatic carbocycles. The first-order valence-electron chi connectivity index (χ1n) is 5.96. The number of hydrogen-bond donors (Lipinski definition) is 1. The second-order valence-electron chi connectivity index (χ2n) is 3.99. The zero-order valence-corrected chi connectivity index (χ0v) is 11.8. The van der Waals surface area contributed by atoms with Gasteiger partial charge >= 0.3 is 10.5 Å². The van der Waals surface area contributed by atoms with Crippen LogP contribution in [0.1, 0.15) is 17.4 Å². The molecule has 1 aromatic heterocycles. The minimum absolute atomic E-state index is 0.186. The third-order valence-electron chi connectivity index (χ3n) is 2.56. The Morgan fingerprint density at radius 1 is 1.33 bits per heavy atom. The van der Waals surface area contributed by atoms with Crippen molar-refractivity contribution in [1.29, 1.82) is 0 Å². The first-order valence-corrected chi connectivity index (χ1v) is 7.27. The van der Waals surface area contributed by atoms with Gasteiger partial charge in [-0.15, -0.1) is 0 Å². The average Bonchev–Trinajstić information content (AvgIpc) is 2.87. The number of aromatic nitrogens is 2. The number of aryl methyl sites for hydroxylation is 1. The van der Waals surface area contributed by atoms with E-state index < -0.39 is 10.5 Å². The highest BCUT2D eigenvalue weighted by Crippen LogP contribution is 2.18. The molecule has 112 valence electrons. The predicted molar refractivity (Wildman–Crippen MR) is 73.0 cm³/mol. The molecule has 0 atom stereocenters. The van der Waals surface area contributed by atoms with E-state index in [-0.39, 0.29) is 11.7 Å². The second kappa shape index (κ2) is 5.92. The molecule has 0 unspecified atom stereocenters. The summed E-state index contributed by atoms with van der Waals surface area (Å²) in [6, 6.07) is 6.82. The second-order valence-corrected chi connectivity index (χ2v) is 4.94. The fraction of sp³-hybridized carbons (Fsp3) is 0.167. The lowest BCUT2D eigenvalue weighted by molar-refractivity contribution is 0.101. The maximum atomic E-state index is 12.3. The lowest BCUT2D eigenvalue weighted by Crippen LogP contribution is -2.17. The predicted octanol–water partition coefficient (Wildman–Crippen LogP) is 1.75. The molecule has 1 aromatic carbocycles. The summed E-state index contributed by atoms with van der Waals surface area (Å²) in [5.74, 6) is -0.546. The molecule has 9 heteroatoms. The van der Waals surface area contributed by atoms with Gasteiger partial charge in [0, 0.05) is 18.4 Å². The lowest BCUT2D eigenvalue weighted by Gasteiger charge is -2.07. The summed E-state index contributed by atoms with van der Waals surface area (Å²) < 4.78 is 38.5. The smallest absolute Gasteiger partial charge is 0.358 e. The van der Waals surface area contributed by atoms with Crippen LogP contribution in [0.25, 0.3) is 0 Å². The molecular formula is C12H12FN3O4S. The van der Waals surface area contributed by atoms with Gasteiger partial charge in [0.15, 0.2) is 0 Å². The summed E-state index contributed by atoms with van der Waals surface area (Å²) >= 11 is 0. The van der Waals surface area contributed by atoms with Crippen LogP contribution in [0.5, 0.6) is 5.75 Å². The molecule has 1 heterocycles. The Kier molecular flexibility index (Phi) is 4.22.